The molecular formula is C35H42N6O4. The largest absolute Gasteiger partial charge is 0.490 e. The number of aromatic nitrogens is 2. The maximum Gasteiger partial charge on any atom is 0.266 e. The minimum absolute atomic E-state index is 0.00377. The number of nitrogens with zero attached hydrogens (tertiary/aromatic N) is 2. The van der Waals surface area contributed by atoms with Crippen molar-refractivity contribution in [2.75, 3.05) is 55.8 Å². The van der Waals surface area contributed by atoms with E-state index < -0.39 is 0 Å². The summed E-state index contributed by atoms with van der Waals surface area (Å²) in [5.74, 6) is 0.432. The van der Waals surface area contributed by atoms with Crippen molar-refractivity contribution in [1.82, 2.24) is 14.9 Å². The molecule has 0 radical (unpaired) electrons. The third kappa shape index (κ3) is 8.09. The van der Waals surface area contributed by atoms with Crippen LogP contribution >= 0.6 is 0 Å². The molecular weight excluding hydrogens is 568 g/mol. The van der Waals surface area contributed by atoms with Gasteiger partial charge >= 0.3 is 0 Å². The second kappa shape index (κ2) is 14.0. The number of nitrogens with two attached hydrogens (primary N) is 1. The first-order chi connectivity index (χ1) is 21.6. The molecule has 0 spiro atoms. The fourth-order valence-electron chi connectivity index (χ4n) is 5.23. The van der Waals surface area contributed by atoms with Crippen LogP contribution in [0.2, 0.25) is 0 Å². The fourth-order valence-corrected chi connectivity index (χ4v) is 5.23. The van der Waals surface area contributed by atoms with Crippen LogP contribution in [0.1, 0.15) is 48.0 Å². The Bertz CT molecular complexity index is 1690. The first-order valence-electron chi connectivity index (χ1n) is 15.2. The molecule has 10 heteroatoms. The van der Waals surface area contributed by atoms with Crippen LogP contribution in [0.3, 0.4) is 0 Å². The highest BCUT2D eigenvalue weighted by Crippen LogP contribution is 2.30. The molecule has 0 unspecified atom stereocenters. The molecule has 5 rings (SSSR count). The number of anilines is 3. The standard InChI is InChI=1S/C35H42N6O4/c1-23-27(6-5-7-29(23)40-34(43)24-8-10-25(11-9-24)35(2,3)4)33-30(39-32(42)22-38-33)21-37-26-12-13-31(28(36)20-26)45-19-16-41-14-17-44-18-15-41/h5-13,20,22,37H,14-19,21,36H2,1-4H3,(H,39,42)(H,40,43). The molecule has 236 valence electrons. The van der Waals surface area contributed by atoms with Gasteiger partial charge in [-0.25, -0.2) is 4.98 Å². The van der Waals surface area contributed by atoms with E-state index in [2.05, 4.69) is 46.3 Å². The van der Waals surface area contributed by atoms with Gasteiger partial charge in [0.05, 0.1) is 43.0 Å². The monoisotopic (exact) mass is 610 g/mol. The Balaban J connectivity index is 1.27. The summed E-state index contributed by atoms with van der Waals surface area (Å²) in [6.45, 7) is 13.3. The SMILES string of the molecule is Cc1c(NC(=O)c2ccc(C(C)(C)C)cc2)cccc1-c1ncc(=O)[nH]c1CNc1ccc(OCCN2CCOCC2)c(N)c1. The summed E-state index contributed by atoms with van der Waals surface area (Å²) in [6, 6.07) is 18.9. The van der Waals surface area contributed by atoms with E-state index in [0.717, 1.165) is 55.2 Å². The molecule has 45 heavy (non-hydrogen) atoms. The second-order valence-corrected chi connectivity index (χ2v) is 12.2. The van der Waals surface area contributed by atoms with E-state index in [1.807, 2.05) is 67.6 Å². The van der Waals surface area contributed by atoms with Crippen molar-refractivity contribution in [3.63, 3.8) is 0 Å². The van der Waals surface area contributed by atoms with E-state index in [4.69, 9.17) is 15.2 Å². The molecule has 10 nitrogen and oxygen atoms in total. The number of hydrogen-bond acceptors (Lipinski definition) is 8. The Morgan fingerprint density at radius 3 is 2.56 bits per heavy atom. The summed E-state index contributed by atoms with van der Waals surface area (Å²) < 4.78 is 11.3. The third-order valence-corrected chi connectivity index (χ3v) is 7.97. The number of carbonyl (C=O) groups excluding carboxylic acids is 1. The average molecular weight is 611 g/mol. The van der Waals surface area contributed by atoms with E-state index >= 15 is 0 Å². The van der Waals surface area contributed by atoms with Crippen LogP contribution in [0, 0.1) is 6.92 Å². The van der Waals surface area contributed by atoms with E-state index in [0.29, 0.717) is 47.2 Å². The van der Waals surface area contributed by atoms with Crippen molar-refractivity contribution in [2.45, 2.75) is 39.7 Å². The average Bonchev–Trinajstić information content (AvgIpc) is 3.02. The van der Waals surface area contributed by atoms with Crippen LogP contribution in [0.15, 0.2) is 71.7 Å². The van der Waals surface area contributed by atoms with Crippen LogP contribution in [0.5, 0.6) is 5.75 Å². The highest BCUT2D eigenvalue weighted by Gasteiger charge is 2.17. The Labute approximate surface area is 264 Å². The van der Waals surface area contributed by atoms with Gasteiger partial charge in [-0.2, -0.15) is 0 Å². The number of benzene rings is 3. The highest BCUT2D eigenvalue weighted by atomic mass is 16.5. The van der Waals surface area contributed by atoms with Gasteiger partial charge in [-0.3, -0.25) is 14.5 Å². The Morgan fingerprint density at radius 2 is 1.84 bits per heavy atom. The summed E-state index contributed by atoms with van der Waals surface area (Å²) in [4.78, 5) is 35.1. The molecule has 1 aliphatic heterocycles. The van der Waals surface area contributed by atoms with Crippen LogP contribution in [0.4, 0.5) is 17.1 Å². The lowest BCUT2D eigenvalue weighted by atomic mass is 9.86. The zero-order valence-corrected chi connectivity index (χ0v) is 26.4. The van der Waals surface area contributed by atoms with Gasteiger partial charge in [0.1, 0.15) is 12.4 Å². The number of hydrogen-bond donors (Lipinski definition) is 4. The Morgan fingerprint density at radius 1 is 1.09 bits per heavy atom. The number of aromatic amines is 1. The zero-order valence-electron chi connectivity index (χ0n) is 26.4. The van der Waals surface area contributed by atoms with E-state index in [1.54, 1.807) is 0 Å². The molecule has 1 fully saturated rings. The van der Waals surface area contributed by atoms with Crippen molar-refractivity contribution < 1.29 is 14.3 Å². The van der Waals surface area contributed by atoms with Gasteiger partial charge in [-0.15, -0.1) is 0 Å². The van der Waals surface area contributed by atoms with Gasteiger partial charge in [0.25, 0.3) is 11.5 Å². The second-order valence-electron chi connectivity index (χ2n) is 12.2. The predicted octanol–water partition coefficient (Wildman–Crippen LogP) is 5.20. The quantitative estimate of drug-likeness (QED) is 0.180. The zero-order chi connectivity index (χ0) is 32.0. The number of nitrogens with one attached hydrogen (secondary N) is 3. The molecule has 3 aromatic carbocycles. The molecule has 2 heterocycles. The van der Waals surface area contributed by atoms with Gasteiger partial charge in [-0.05, 0) is 59.9 Å². The number of ether oxygens (including phenoxy) is 2. The fraction of sp³-hybridized carbons (Fsp3) is 0.343. The summed E-state index contributed by atoms with van der Waals surface area (Å²) in [7, 11) is 0. The van der Waals surface area contributed by atoms with E-state index in [1.165, 1.54) is 6.20 Å². The summed E-state index contributed by atoms with van der Waals surface area (Å²) in [6.07, 6.45) is 1.27. The number of rotatable bonds is 10. The van der Waals surface area contributed by atoms with Crippen LogP contribution in [-0.4, -0.2) is 60.2 Å². The molecule has 5 N–H and O–H groups in total. The Kier molecular flexibility index (Phi) is 9.85. The van der Waals surface area contributed by atoms with Crippen molar-refractivity contribution in [3.8, 4) is 17.0 Å². The van der Waals surface area contributed by atoms with Crippen LogP contribution in [0.25, 0.3) is 11.3 Å². The Hall–Kier alpha value is -4.67. The lowest BCUT2D eigenvalue weighted by Crippen LogP contribution is -2.38. The molecule has 0 bridgehead atoms. The van der Waals surface area contributed by atoms with E-state index in [9.17, 15) is 9.59 Å². The van der Waals surface area contributed by atoms with Crippen molar-refractivity contribution in [2.24, 2.45) is 0 Å². The summed E-state index contributed by atoms with van der Waals surface area (Å²) in [5, 5.41) is 6.38. The van der Waals surface area contributed by atoms with Gasteiger partial charge < -0.3 is 30.8 Å². The van der Waals surface area contributed by atoms with Crippen molar-refractivity contribution >= 4 is 23.0 Å². The van der Waals surface area contributed by atoms with Gasteiger partial charge in [-0.1, -0.05) is 45.0 Å². The maximum atomic E-state index is 13.1. The molecule has 0 aliphatic carbocycles. The highest BCUT2D eigenvalue weighted by molar-refractivity contribution is 6.05. The van der Waals surface area contributed by atoms with Crippen molar-refractivity contribution in [1.29, 1.82) is 0 Å². The first kappa shape index (κ1) is 31.7. The smallest absolute Gasteiger partial charge is 0.266 e. The van der Waals surface area contributed by atoms with Gasteiger partial charge in [0.2, 0.25) is 0 Å². The minimum Gasteiger partial charge on any atom is -0.490 e. The normalized spacial score (nSPS) is 13.8. The lowest BCUT2D eigenvalue weighted by Gasteiger charge is -2.26. The first-order valence-corrected chi connectivity index (χ1v) is 15.2. The lowest BCUT2D eigenvalue weighted by molar-refractivity contribution is 0.0323. The number of nitrogen functional groups attached to an aromatic ring is 1. The van der Waals surface area contributed by atoms with E-state index in [-0.39, 0.29) is 16.9 Å². The third-order valence-electron chi connectivity index (χ3n) is 7.97. The molecule has 4 aromatic rings. The molecule has 0 saturated carbocycles. The minimum atomic E-state index is -0.306. The summed E-state index contributed by atoms with van der Waals surface area (Å²) >= 11 is 0. The van der Waals surface area contributed by atoms with Gasteiger partial charge in [0.15, 0.2) is 0 Å². The molecule has 1 aliphatic rings. The molecule has 1 amide bonds. The number of H-pyrrole nitrogens is 1. The molecule has 1 saturated heterocycles. The predicted molar refractivity (Wildman–Crippen MR) is 179 cm³/mol. The van der Waals surface area contributed by atoms with Crippen LogP contribution in [-0.2, 0) is 16.7 Å². The summed E-state index contributed by atoms with van der Waals surface area (Å²) in [5.41, 5.74) is 12.6. The van der Waals surface area contributed by atoms with Gasteiger partial charge in [0, 0.05) is 42.1 Å². The molecule has 0 atom stereocenters. The molecule has 1 aromatic heterocycles. The van der Waals surface area contributed by atoms with Crippen LogP contribution < -0.4 is 26.7 Å². The van der Waals surface area contributed by atoms with Crippen molar-refractivity contribution in [3.05, 3.63) is 99.6 Å². The number of amides is 1. The topological polar surface area (TPSA) is 135 Å². The number of morpholine rings is 1. The number of carbonyl (C=O) groups is 1. The maximum absolute atomic E-state index is 13.1.